The fourth-order valence-corrected chi connectivity index (χ4v) is 1.88. The molecule has 0 aliphatic carbocycles. The van der Waals surface area contributed by atoms with E-state index in [1.807, 2.05) is 0 Å². The number of carbonyl (C=O) groups excluding carboxylic acids is 1. The van der Waals surface area contributed by atoms with E-state index < -0.39 is 0 Å². The van der Waals surface area contributed by atoms with Crippen molar-refractivity contribution in [3.05, 3.63) is 66.8 Å². The Bertz CT molecular complexity index is 763. The van der Waals surface area contributed by atoms with E-state index in [0.717, 1.165) is 16.7 Å². The molecule has 3 aromatic heterocycles. The summed E-state index contributed by atoms with van der Waals surface area (Å²) in [4.78, 5) is 24.2. The van der Waals surface area contributed by atoms with Crippen LogP contribution in [0.2, 0.25) is 0 Å². The summed E-state index contributed by atoms with van der Waals surface area (Å²) < 4.78 is 0. The summed E-state index contributed by atoms with van der Waals surface area (Å²) in [7, 11) is 0. The van der Waals surface area contributed by atoms with Gasteiger partial charge in [0, 0.05) is 48.7 Å². The molecule has 3 rings (SSSR count). The molecule has 0 aliphatic rings. The molecule has 22 heavy (non-hydrogen) atoms. The van der Waals surface area contributed by atoms with Crippen molar-refractivity contribution >= 4 is 5.91 Å². The maximum absolute atomic E-state index is 12.2. The summed E-state index contributed by atoms with van der Waals surface area (Å²) in [6, 6.07) is 3.55. The van der Waals surface area contributed by atoms with Gasteiger partial charge in [-0.05, 0) is 17.7 Å². The zero-order valence-corrected chi connectivity index (χ0v) is 11.5. The Labute approximate surface area is 126 Å². The number of nitrogens with zero attached hydrogens (tertiary/aromatic N) is 5. The summed E-state index contributed by atoms with van der Waals surface area (Å²) in [5, 5.41) is 10.3. The van der Waals surface area contributed by atoms with E-state index in [4.69, 9.17) is 0 Å². The number of rotatable bonds is 4. The summed E-state index contributed by atoms with van der Waals surface area (Å²) in [6.45, 7) is 0.382. The molecule has 1 amide bonds. The van der Waals surface area contributed by atoms with Crippen LogP contribution < -0.4 is 5.32 Å². The molecule has 0 spiro atoms. The van der Waals surface area contributed by atoms with Crippen LogP contribution in [0.15, 0.2) is 55.6 Å². The second-order valence-electron chi connectivity index (χ2n) is 4.52. The fourth-order valence-electron chi connectivity index (χ4n) is 1.88. The van der Waals surface area contributed by atoms with Gasteiger partial charge in [0.15, 0.2) is 0 Å². The van der Waals surface area contributed by atoms with Crippen molar-refractivity contribution in [2.24, 2.45) is 0 Å². The van der Waals surface area contributed by atoms with Crippen LogP contribution in [0.5, 0.6) is 0 Å². The second kappa shape index (κ2) is 6.49. The van der Waals surface area contributed by atoms with E-state index in [9.17, 15) is 4.79 Å². The number of aromatic nitrogens is 5. The van der Waals surface area contributed by atoms with Crippen LogP contribution in [-0.4, -0.2) is 31.1 Å². The molecule has 0 saturated carbocycles. The van der Waals surface area contributed by atoms with Gasteiger partial charge >= 0.3 is 0 Å². The van der Waals surface area contributed by atoms with E-state index in [0.29, 0.717) is 12.1 Å². The molecule has 0 saturated heterocycles. The van der Waals surface area contributed by atoms with Gasteiger partial charge in [-0.3, -0.25) is 9.78 Å². The van der Waals surface area contributed by atoms with Crippen molar-refractivity contribution < 1.29 is 4.79 Å². The Hall–Kier alpha value is -3.22. The molecule has 7 nitrogen and oxygen atoms in total. The predicted molar refractivity (Wildman–Crippen MR) is 78.5 cm³/mol. The predicted octanol–water partition coefficient (Wildman–Crippen LogP) is 1.26. The highest BCUT2D eigenvalue weighted by Gasteiger charge is 2.08. The first kappa shape index (κ1) is 13.7. The molecule has 0 aliphatic heterocycles. The van der Waals surface area contributed by atoms with Crippen LogP contribution in [0.4, 0.5) is 0 Å². The van der Waals surface area contributed by atoms with Gasteiger partial charge in [0.2, 0.25) is 0 Å². The summed E-state index contributed by atoms with van der Waals surface area (Å²) in [5.74, 6) is -0.206. The quantitative estimate of drug-likeness (QED) is 0.778. The smallest absolute Gasteiger partial charge is 0.253 e. The average molecular weight is 292 g/mol. The van der Waals surface area contributed by atoms with E-state index >= 15 is 0 Å². The minimum absolute atomic E-state index is 0.206. The third kappa shape index (κ3) is 3.26. The molecule has 3 heterocycles. The van der Waals surface area contributed by atoms with Gasteiger partial charge in [0.25, 0.3) is 5.91 Å². The van der Waals surface area contributed by atoms with Crippen molar-refractivity contribution in [2.45, 2.75) is 6.54 Å². The number of pyridine rings is 1. The van der Waals surface area contributed by atoms with Crippen molar-refractivity contribution in [2.75, 3.05) is 0 Å². The van der Waals surface area contributed by atoms with E-state index in [1.54, 1.807) is 43.1 Å². The molecule has 3 aromatic rings. The lowest BCUT2D eigenvalue weighted by Crippen LogP contribution is -2.23. The van der Waals surface area contributed by atoms with Gasteiger partial charge in [0.05, 0.1) is 11.8 Å². The zero-order chi connectivity index (χ0) is 15.2. The number of hydrogen-bond acceptors (Lipinski definition) is 6. The number of carbonyl (C=O) groups is 1. The monoisotopic (exact) mass is 292 g/mol. The third-order valence-electron chi connectivity index (χ3n) is 2.99. The van der Waals surface area contributed by atoms with Gasteiger partial charge in [-0.1, -0.05) is 0 Å². The largest absolute Gasteiger partial charge is 0.348 e. The Morgan fingerprint density at radius 3 is 2.55 bits per heavy atom. The second-order valence-corrected chi connectivity index (χ2v) is 4.52. The summed E-state index contributed by atoms with van der Waals surface area (Å²) in [6.07, 6.45) is 11.2. The van der Waals surface area contributed by atoms with E-state index in [-0.39, 0.29) is 5.91 Å². The van der Waals surface area contributed by atoms with E-state index in [2.05, 4.69) is 30.5 Å². The average Bonchev–Trinajstić information content (AvgIpc) is 2.61. The van der Waals surface area contributed by atoms with Gasteiger partial charge in [-0.2, -0.15) is 10.2 Å². The Balaban J connectivity index is 1.73. The standard InChI is InChI=1S/C15H12N6O/c22-15(19-4-11-1-2-20-21-5-11)13-3-12(6-16-7-13)14-8-17-10-18-9-14/h1-3,5-10H,4H2,(H,19,22). The topological polar surface area (TPSA) is 93.6 Å². The molecule has 7 heteroatoms. The van der Waals surface area contributed by atoms with Gasteiger partial charge in [-0.15, -0.1) is 0 Å². The zero-order valence-electron chi connectivity index (χ0n) is 11.5. The Morgan fingerprint density at radius 2 is 1.77 bits per heavy atom. The van der Waals surface area contributed by atoms with Gasteiger partial charge < -0.3 is 5.32 Å². The van der Waals surface area contributed by atoms with Crippen LogP contribution in [0.1, 0.15) is 15.9 Å². The SMILES string of the molecule is O=C(NCc1ccnnc1)c1cncc(-c2cncnc2)c1. The minimum atomic E-state index is -0.206. The van der Waals surface area contributed by atoms with Gasteiger partial charge in [-0.25, -0.2) is 9.97 Å². The third-order valence-corrected chi connectivity index (χ3v) is 2.99. The highest BCUT2D eigenvalue weighted by molar-refractivity contribution is 5.94. The summed E-state index contributed by atoms with van der Waals surface area (Å²) >= 11 is 0. The lowest BCUT2D eigenvalue weighted by molar-refractivity contribution is 0.0950. The number of nitrogens with one attached hydrogen (secondary N) is 1. The van der Waals surface area contributed by atoms with Crippen LogP contribution in [-0.2, 0) is 6.54 Å². The molecule has 0 bridgehead atoms. The number of hydrogen-bond donors (Lipinski definition) is 1. The minimum Gasteiger partial charge on any atom is -0.348 e. The van der Waals surface area contributed by atoms with Gasteiger partial charge in [0.1, 0.15) is 6.33 Å². The molecule has 1 N–H and O–H groups in total. The Morgan fingerprint density at radius 1 is 0.955 bits per heavy atom. The molecule has 0 unspecified atom stereocenters. The van der Waals surface area contributed by atoms with Crippen molar-refractivity contribution in [1.82, 2.24) is 30.5 Å². The molecular formula is C15H12N6O. The molecule has 0 fully saturated rings. The maximum atomic E-state index is 12.2. The highest BCUT2D eigenvalue weighted by Crippen LogP contribution is 2.17. The molecule has 0 atom stereocenters. The van der Waals surface area contributed by atoms with Crippen molar-refractivity contribution in [3.63, 3.8) is 0 Å². The first-order valence-corrected chi connectivity index (χ1v) is 6.57. The first-order valence-electron chi connectivity index (χ1n) is 6.57. The molecular weight excluding hydrogens is 280 g/mol. The van der Waals surface area contributed by atoms with Crippen molar-refractivity contribution in [1.29, 1.82) is 0 Å². The first-order chi connectivity index (χ1) is 10.8. The van der Waals surface area contributed by atoms with Crippen LogP contribution >= 0.6 is 0 Å². The molecule has 108 valence electrons. The van der Waals surface area contributed by atoms with Crippen LogP contribution in [0, 0.1) is 0 Å². The van der Waals surface area contributed by atoms with Crippen LogP contribution in [0.25, 0.3) is 11.1 Å². The Kier molecular flexibility index (Phi) is 4.05. The fraction of sp³-hybridized carbons (Fsp3) is 0.0667. The highest BCUT2D eigenvalue weighted by atomic mass is 16.1. The lowest BCUT2D eigenvalue weighted by Gasteiger charge is -2.06. The molecule has 0 aromatic carbocycles. The normalized spacial score (nSPS) is 10.2. The lowest BCUT2D eigenvalue weighted by atomic mass is 10.1. The van der Waals surface area contributed by atoms with Crippen molar-refractivity contribution in [3.8, 4) is 11.1 Å². The van der Waals surface area contributed by atoms with E-state index in [1.165, 1.54) is 12.5 Å². The molecule has 0 radical (unpaired) electrons. The maximum Gasteiger partial charge on any atom is 0.253 e. The number of amides is 1. The van der Waals surface area contributed by atoms with Crippen LogP contribution in [0.3, 0.4) is 0 Å². The summed E-state index contributed by atoms with van der Waals surface area (Å²) in [5.41, 5.74) is 2.95.